The van der Waals surface area contributed by atoms with Crippen LogP contribution in [-0.2, 0) is 5.41 Å². The van der Waals surface area contributed by atoms with Crippen LogP contribution in [0.1, 0.15) is 96.6 Å². The largest absolute Gasteiger partial charge is 0.310 e. The standard InChI is InChI=1S/C65H47BN2/c1-3-21-40(22-4-1)57-50-33-42-25-11-12-26-45(42)58-63(50)67(60(57)41-23-5-2-6-24-41)56-32-31-53-64-59(56)66(58)55-37-44(39-19-9-10-20-39)35-49-48-34-43(38-17-7-8-18-38)36-54(61(48)68(64)62(49)55)65(53)51-29-15-13-27-46(51)47-28-14-16-30-52(47)65/h1-6,11-16,21-39H,7-10,17-20H2. The molecule has 2 saturated carbocycles. The molecule has 0 N–H and O–H groups in total. The van der Waals surface area contributed by atoms with Gasteiger partial charge in [-0.1, -0.05) is 177 Å². The fourth-order valence-corrected chi connectivity index (χ4v) is 15.6. The first kappa shape index (κ1) is 36.7. The van der Waals surface area contributed by atoms with Gasteiger partial charge in [0.1, 0.15) is 0 Å². The van der Waals surface area contributed by atoms with Crippen molar-refractivity contribution in [3.63, 3.8) is 0 Å². The van der Waals surface area contributed by atoms with E-state index >= 15 is 0 Å². The average Bonchev–Trinajstić information content (AvgIpc) is 4.27. The maximum Gasteiger partial charge on any atom is 0.253 e. The second-order valence-corrected chi connectivity index (χ2v) is 21.1. The summed E-state index contributed by atoms with van der Waals surface area (Å²) in [5.74, 6) is 1.16. The van der Waals surface area contributed by atoms with Crippen molar-refractivity contribution >= 4 is 66.6 Å². The minimum absolute atomic E-state index is 0.0312. The van der Waals surface area contributed by atoms with Crippen LogP contribution in [0.4, 0.5) is 0 Å². The van der Waals surface area contributed by atoms with Crippen LogP contribution in [0.2, 0.25) is 0 Å². The highest BCUT2D eigenvalue weighted by Crippen LogP contribution is 2.62. The number of hydrogen-bond acceptors (Lipinski definition) is 0. The summed E-state index contributed by atoms with van der Waals surface area (Å²) in [6, 6.07) is 69.3. The summed E-state index contributed by atoms with van der Waals surface area (Å²) >= 11 is 0. The van der Waals surface area contributed by atoms with Crippen LogP contribution in [-0.4, -0.2) is 15.8 Å². The van der Waals surface area contributed by atoms with Crippen molar-refractivity contribution in [1.29, 1.82) is 0 Å². The second-order valence-electron chi connectivity index (χ2n) is 21.1. The van der Waals surface area contributed by atoms with E-state index in [1.807, 2.05) is 0 Å². The van der Waals surface area contributed by atoms with Gasteiger partial charge in [-0.05, 0) is 145 Å². The van der Waals surface area contributed by atoms with Gasteiger partial charge < -0.3 is 9.13 Å². The minimum Gasteiger partial charge on any atom is -0.310 e. The van der Waals surface area contributed by atoms with E-state index in [4.69, 9.17) is 0 Å². The molecule has 6 aliphatic rings. The third-order valence-corrected chi connectivity index (χ3v) is 18.1. The lowest BCUT2D eigenvalue weighted by atomic mass is 9.33. The molecule has 0 unspecified atom stereocenters. The highest BCUT2D eigenvalue weighted by atomic mass is 15.1. The van der Waals surface area contributed by atoms with Gasteiger partial charge in [-0.3, -0.25) is 0 Å². The second kappa shape index (κ2) is 13.0. The van der Waals surface area contributed by atoms with Gasteiger partial charge in [0.2, 0.25) is 0 Å². The summed E-state index contributed by atoms with van der Waals surface area (Å²) in [6.45, 7) is 0.0312. The molecule has 0 bridgehead atoms. The monoisotopic (exact) mass is 866 g/mol. The number of nitrogens with zero attached hydrogens (tertiary/aromatic N) is 2. The Bertz CT molecular complexity index is 4000. The Morgan fingerprint density at radius 1 is 0.426 bits per heavy atom. The van der Waals surface area contributed by atoms with Crippen molar-refractivity contribution in [2.24, 2.45) is 0 Å². The molecule has 2 aromatic heterocycles. The molecule has 320 valence electrons. The van der Waals surface area contributed by atoms with E-state index in [0.717, 1.165) is 0 Å². The van der Waals surface area contributed by atoms with Crippen LogP contribution in [0, 0.1) is 0 Å². The van der Waals surface area contributed by atoms with Crippen molar-refractivity contribution in [1.82, 2.24) is 9.13 Å². The van der Waals surface area contributed by atoms with E-state index in [2.05, 4.69) is 185 Å². The fourth-order valence-electron chi connectivity index (χ4n) is 15.6. The lowest BCUT2D eigenvalue weighted by Gasteiger charge is -2.44. The van der Waals surface area contributed by atoms with Crippen LogP contribution in [0.5, 0.6) is 0 Å². The van der Waals surface area contributed by atoms with Crippen molar-refractivity contribution in [2.75, 3.05) is 0 Å². The van der Waals surface area contributed by atoms with E-state index < -0.39 is 5.41 Å². The van der Waals surface area contributed by atoms with Crippen LogP contribution in [0.3, 0.4) is 0 Å². The molecule has 3 aliphatic carbocycles. The molecule has 0 amide bonds. The normalized spacial score (nSPS) is 16.9. The SMILES string of the molecule is c1ccc(-c2c(-c3ccccc3)n3c4c(c5ccccc5cc24)B2c4c-3ccc3c4-n4c5c2cc(C2CCCC2)cc5c2cc(C5CCCC5)cc(c24)C32c3ccccc3-c3ccccc32)cc1. The molecular formula is C65H47BN2. The molecule has 2 fully saturated rings. The number of aromatic nitrogens is 2. The number of benzene rings is 9. The molecule has 68 heavy (non-hydrogen) atoms. The fraction of sp³-hybridized carbons (Fsp3) is 0.169. The van der Waals surface area contributed by atoms with Crippen LogP contribution in [0.25, 0.3) is 88.4 Å². The van der Waals surface area contributed by atoms with Crippen molar-refractivity contribution in [3.8, 4) is 44.9 Å². The Balaban J connectivity index is 1.14. The maximum absolute atomic E-state index is 2.84. The van der Waals surface area contributed by atoms with Gasteiger partial charge in [-0.2, -0.15) is 0 Å². The van der Waals surface area contributed by atoms with Crippen molar-refractivity contribution < 1.29 is 0 Å². The zero-order chi connectivity index (χ0) is 44.0. The Kier molecular flexibility index (Phi) is 7.02. The predicted molar refractivity (Wildman–Crippen MR) is 284 cm³/mol. The van der Waals surface area contributed by atoms with Gasteiger partial charge in [-0.25, -0.2) is 0 Å². The molecule has 3 heteroatoms. The van der Waals surface area contributed by atoms with Crippen LogP contribution < -0.4 is 16.4 Å². The summed E-state index contributed by atoms with van der Waals surface area (Å²) in [6.07, 6.45) is 10.4. The summed E-state index contributed by atoms with van der Waals surface area (Å²) in [5.41, 5.74) is 27.5. The first-order valence-electron chi connectivity index (χ1n) is 25.5. The van der Waals surface area contributed by atoms with E-state index in [0.29, 0.717) is 11.8 Å². The van der Waals surface area contributed by atoms with E-state index in [9.17, 15) is 0 Å². The molecule has 0 atom stereocenters. The van der Waals surface area contributed by atoms with Crippen LogP contribution in [0.15, 0.2) is 176 Å². The topological polar surface area (TPSA) is 9.86 Å². The zero-order valence-corrected chi connectivity index (χ0v) is 38.0. The zero-order valence-electron chi connectivity index (χ0n) is 38.0. The van der Waals surface area contributed by atoms with Gasteiger partial charge in [0, 0.05) is 38.6 Å². The maximum atomic E-state index is 2.84. The molecule has 1 spiro atoms. The molecular weight excluding hydrogens is 820 g/mol. The van der Waals surface area contributed by atoms with E-state index in [-0.39, 0.29) is 6.71 Å². The lowest BCUT2D eigenvalue weighted by Crippen LogP contribution is -2.60. The average molecular weight is 867 g/mol. The number of fused-ring (bicyclic) bond motifs is 13. The summed E-state index contributed by atoms with van der Waals surface area (Å²) < 4.78 is 5.56. The molecule has 9 aromatic carbocycles. The molecule has 17 rings (SSSR count). The van der Waals surface area contributed by atoms with Gasteiger partial charge in [0.15, 0.2) is 0 Å². The Hall–Kier alpha value is -7.36. The number of hydrogen-bond donors (Lipinski definition) is 0. The highest BCUT2D eigenvalue weighted by molar-refractivity contribution is 7.01. The lowest BCUT2D eigenvalue weighted by molar-refractivity contribution is 0.710. The Morgan fingerprint density at radius 3 is 1.74 bits per heavy atom. The first-order chi connectivity index (χ1) is 33.8. The number of rotatable bonds is 4. The molecule has 3 aliphatic heterocycles. The van der Waals surface area contributed by atoms with Gasteiger partial charge in [0.05, 0.1) is 22.1 Å². The summed E-state index contributed by atoms with van der Waals surface area (Å²) in [4.78, 5) is 0. The van der Waals surface area contributed by atoms with E-state index in [1.165, 1.54) is 178 Å². The first-order valence-corrected chi connectivity index (χ1v) is 25.5. The molecule has 2 nitrogen and oxygen atoms in total. The third-order valence-electron chi connectivity index (χ3n) is 18.1. The van der Waals surface area contributed by atoms with Gasteiger partial charge in [0.25, 0.3) is 6.71 Å². The minimum atomic E-state index is -0.492. The molecule has 0 radical (unpaired) electrons. The van der Waals surface area contributed by atoms with E-state index in [1.54, 1.807) is 11.1 Å². The van der Waals surface area contributed by atoms with Crippen LogP contribution >= 0.6 is 0 Å². The molecule has 11 aromatic rings. The molecule has 0 saturated heterocycles. The summed E-state index contributed by atoms with van der Waals surface area (Å²) in [5, 5.41) is 6.93. The highest BCUT2D eigenvalue weighted by Gasteiger charge is 2.55. The Labute approximate surface area is 396 Å². The van der Waals surface area contributed by atoms with Crippen molar-refractivity contribution in [3.05, 3.63) is 209 Å². The Morgan fingerprint density at radius 2 is 1.03 bits per heavy atom. The van der Waals surface area contributed by atoms with Gasteiger partial charge in [-0.15, -0.1) is 0 Å². The predicted octanol–water partition coefficient (Wildman–Crippen LogP) is 14.3. The quantitative estimate of drug-likeness (QED) is 0.156. The smallest absolute Gasteiger partial charge is 0.253 e. The summed E-state index contributed by atoms with van der Waals surface area (Å²) in [7, 11) is 0. The van der Waals surface area contributed by atoms with Crippen molar-refractivity contribution in [2.45, 2.75) is 68.6 Å². The molecule has 5 heterocycles. The third kappa shape index (κ3) is 4.31. The van der Waals surface area contributed by atoms with Gasteiger partial charge >= 0.3 is 0 Å².